The number of nitrogens with one attached hydrogen (secondary N) is 1. The number of carbonyl (C=O) groups is 2. The van der Waals surface area contributed by atoms with Gasteiger partial charge in [-0.25, -0.2) is 0 Å². The molecule has 29 heavy (non-hydrogen) atoms. The fraction of sp³-hybridized carbons (Fsp3) is 0.391. The summed E-state index contributed by atoms with van der Waals surface area (Å²) in [5.41, 5.74) is 0.897. The van der Waals surface area contributed by atoms with Gasteiger partial charge in [0.2, 0.25) is 11.8 Å². The topological polar surface area (TPSA) is 67.9 Å². The smallest absolute Gasteiger partial charge is 0.242 e. The molecule has 2 aromatic carbocycles. The van der Waals surface area contributed by atoms with E-state index < -0.39 is 5.41 Å². The maximum absolute atomic E-state index is 13.2. The lowest BCUT2D eigenvalue weighted by Gasteiger charge is -2.35. The molecule has 0 spiro atoms. The van der Waals surface area contributed by atoms with Crippen LogP contribution >= 0.6 is 0 Å². The molecular formula is C23H28N2O4. The highest BCUT2D eigenvalue weighted by Gasteiger charge is 2.40. The third-order valence-corrected chi connectivity index (χ3v) is 5.17. The van der Waals surface area contributed by atoms with Gasteiger partial charge < -0.3 is 19.7 Å². The summed E-state index contributed by atoms with van der Waals surface area (Å²) in [5.74, 6) is 0.965. The molecule has 0 bridgehead atoms. The molecule has 1 aliphatic rings. The standard InChI is InChI=1S/C23H28N2O4/c1-23(2,22(27)25-15-6-8-17-7-4-5-9-20(17)25)21(26)24-14-16-29-19-12-10-18(28-3)11-13-19/h4-5,7,9-13H,6,8,14-16H2,1-3H3,(H,24,26). The Morgan fingerprint density at radius 1 is 1.07 bits per heavy atom. The molecule has 2 amide bonds. The molecule has 0 saturated heterocycles. The number of para-hydroxylation sites is 1. The zero-order chi connectivity index (χ0) is 20.9. The van der Waals surface area contributed by atoms with Crippen molar-refractivity contribution in [1.82, 2.24) is 5.32 Å². The number of benzene rings is 2. The first-order chi connectivity index (χ1) is 13.9. The molecule has 0 aromatic heterocycles. The Balaban J connectivity index is 1.54. The predicted molar refractivity (Wildman–Crippen MR) is 112 cm³/mol. The number of anilines is 1. The Hall–Kier alpha value is -3.02. The van der Waals surface area contributed by atoms with Gasteiger partial charge in [0, 0.05) is 12.2 Å². The fourth-order valence-corrected chi connectivity index (χ4v) is 3.41. The Labute approximate surface area is 171 Å². The number of methoxy groups -OCH3 is 1. The molecule has 0 unspecified atom stereocenters. The first kappa shape index (κ1) is 20.7. The van der Waals surface area contributed by atoms with Crippen molar-refractivity contribution in [1.29, 1.82) is 0 Å². The maximum Gasteiger partial charge on any atom is 0.242 e. The number of ether oxygens (including phenoxy) is 2. The molecule has 0 aliphatic carbocycles. The maximum atomic E-state index is 13.2. The van der Waals surface area contributed by atoms with E-state index in [2.05, 4.69) is 5.32 Å². The van der Waals surface area contributed by atoms with E-state index in [1.807, 2.05) is 48.5 Å². The predicted octanol–water partition coefficient (Wildman–Crippen LogP) is 3.20. The number of fused-ring (bicyclic) bond motifs is 1. The lowest BCUT2D eigenvalue weighted by atomic mass is 9.88. The number of carbonyl (C=O) groups excluding carboxylic acids is 2. The van der Waals surface area contributed by atoms with Crippen molar-refractivity contribution in [2.45, 2.75) is 26.7 Å². The molecule has 6 nitrogen and oxygen atoms in total. The second kappa shape index (κ2) is 8.99. The van der Waals surface area contributed by atoms with E-state index >= 15 is 0 Å². The van der Waals surface area contributed by atoms with Gasteiger partial charge in [0.05, 0.1) is 13.7 Å². The normalized spacial score (nSPS) is 13.4. The number of nitrogens with zero attached hydrogens (tertiary/aromatic N) is 1. The van der Waals surface area contributed by atoms with Crippen LogP contribution in [-0.4, -0.2) is 38.6 Å². The minimum Gasteiger partial charge on any atom is -0.497 e. The molecule has 3 rings (SSSR count). The largest absolute Gasteiger partial charge is 0.497 e. The summed E-state index contributed by atoms with van der Waals surface area (Å²) in [4.78, 5) is 27.6. The molecule has 0 atom stereocenters. The first-order valence-corrected chi connectivity index (χ1v) is 9.88. The highest BCUT2D eigenvalue weighted by Crippen LogP contribution is 2.31. The second-order valence-corrected chi connectivity index (χ2v) is 7.59. The van der Waals surface area contributed by atoms with Gasteiger partial charge in [-0.2, -0.15) is 0 Å². The Morgan fingerprint density at radius 2 is 1.76 bits per heavy atom. The average molecular weight is 396 g/mol. The number of hydrogen-bond donors (Lipinski definition) is 1. The minimum atomic E-state index is -1.16. The minimum absolute atomic E-state index is 0.182. The molecule has 0 fully saturated rings. The van der Waals surface area contributed by atoms with E-state index in [0.29, 0.717) is 25.4 Å². The summed E-state index contributed by atoms with van der Waals surface area (Å²) in [6.07, 6.45) is 1.85. The van der Waals surface area contributed by atoms with Crippen molar-refractivity contribution in [3.63, 3.8) is 0 Å². The van der Waals surface area contributed by atoms with Crippen molar-refractivity contribution in [3.05, 3.63) is 54.1 Å². The zero-order valence-electron chi connectivity index (χ0n) is 17.2. The summed E-state index contributed by atoms with van der Waals surface area (Å²) < 4.78 is 10.7. The van der Waals surface area contributed by atoms with Gasteiger partial charge in [0.15, 0.2) is 0 Å². The van der Waals surface area contributed by atoms with E-state index in [9.17, 15) is 9.59 Å². The average Bonchev–Trinajstić information content (AvgIpc) is 2.76. The number of rotatable bonds is 7. The van der Waals surface area contributed by atoms with Gasteiger partial charge in [-0.15, -0.1) is 0 Å². The third kappa shape index (κ3) is 4.70. The van der Waals surface area contributed by atoms with Gasteiger partial charge >= 0.3 is 0 Å². The summed E-state index contributed by atoms with van der Waals surface area (Å²) in [5, 5.41) is 2.82. The first-order valence-electron chi connectivity index (χ1n) is 9.88. The lowest BCUT2D eigenvalue weighted by Crippen LogP contribution is -2.51. The fourth-order valence-electron chi connectivity index (χ4n) is 3.41. The van der Waals surface area contributed by atoms with Crippen molar-refractivity contribution >= 4 is 17.5 Å². The molecule has 1 heterocycles. The molecule has 6 heteroatoms. The van der Waals surface area contributed by atoms with E-state index in [4.69, 9.17) is 9.47 Å². The summed E-state index contributed by atoms with van der Waals surface area (Å²) in [6.45, 7) is 4.61. The van der Waals surface area contributed by atoms with Crippen LogP contribution in [0.25, 0.3) is 0 Å². The van der Waals surface area contributed by atoms with Crippen LogP contribution in [0.4, 0.5) is 5.69 Å². The molecular weight excluding hydrogens is 368 g/mol. The molecule has 0 saturated carbocycles. The van der Waals surface area contributed by atoms with Gasteiger partial charge in [-0.3, -0.25) is 9.59 Å². The molecule has 154 valence electrons. The van der Waals surface area contributed by atoms with Crippen LogP contribution in [0, 0.1) is 5.41 Å². The highest BCUT2D eigenvalue weighted by atomic mass is 16.5. The zero-order valence-corrected chi connectivity index (χ0v) is 17.2. The third-order valence-electron chi connectivity index (χ3n) is 5.17. The van der Waals surface area contributed by atoms with Gasteiger partial charge in [-0.1, -0.05) is 18.2 Å². The lowest BCUT2D eigenvalue weighted by molar-refractivity contribution is -0.139. The van der Waals surface area contributed by atoms with Crippen molar-refractivity contribution in [2.75, 3.05) is 31.7 Å². The summed E-state index contributed by atoms with van der Waals surface area (Å²) in [7, 11) is 1.61. The van der Waals surface area contributed by atoms with Crippen molar-refractivity contribution in [3.8, 4) is 11.5 Å². The second-order valence-electron chi connectivity index (χ2n) is 7.59. The van der Waals surface area contributed by atoms with Crippen LogP contribution in [-0.2, 0) is 16.0 Å². The van der Waals surface area contributed by atoms with Crippen LogP contribution in [0.15, 0.2) is 48.5 Å². The monoisotopic (exact) mass is 396 g/mol. The number of amides is 2. The van der Waals surface area contributed by atoms with Gasteiger partial charge in [0.1, 0.15) is 23.5 Å². The van der Waals surface area contributed by atoms with Crippen molar-refractivity contribution < 1.29 is 19.1 Å². The highest BCUT2D eigenvalue weighted by molar-refractivity contribution is 6.11. The summed E-state index contributed by atoms with van der Waals surface area (Å²) in [6, 6.07) is 15.1. The SMILES string of the molecule is COc1ccc(OCCNC(=O)C(C)(C)C(=O)N2CCCc3ccccc32)cc1. The van der Waals surface area contributed by atoms with Crippen LogP contribution in [0.1, 0.15) is 25.8 Å². The van der Waals surface area contributed by atoms with E-state index in [1.165, 1.54) is 0 Å². The van der Waals surface area contributed by atoms with Gasteiger partial charge in [0.25, 0.3) is 0 Å². The molecule has 0 radical (unpaired) electrons. The van der Waals surface area contributed by atoms with E-state index in [0.717, 1.165) is 29.8 Å². The van der Waals surface area contributed by atoms with Crippen LogP contribution in [0.3, 0.4) is 0 Å². The van der Waals surface area contributed by atoms with Crippen LogP contribution < -0.4 is 19.7 Å². The number of hydrogen-bond acceptors (Lipinski definition) is 4. The Morgan fingerprint density at radius 3 is 2.48 bits per heavy atom. The molecule has 1 N–H and O–H groups in total. The summed E-state index contributed by atoms with van der Waals surface area (Å²) >= 11 is 0. The van der Waals surface area contributed by atoms with Crippen LogP contribution in [0.2, 0.25) is 0 Å². The van der Waals surface area contributed by atoms with E-state index in [1.54, 1.807) is 25.9 Å². The van der Waals surface area contributed by atoms with Crippen molar-refractivity contribution in [2.24, 2.45) is 5.41 Å². The van der Waals surface area contributed by atoms with E-state index in [-0.39, 0.29) is 11.8 Å². The quantitative estimate of drug-likeness (QED) is 0.577. The molecule has 2 aromatic rings. The van der Waals surface area contributed by atoms with Gasteiger partial charge in [-0.05, 0) is 62.6 Å². The Kier molecular flexibility index (Phi) is 6.42. The van der Waals surface area contributed by atoms with Crippen LogP contribution in [0.5, 0.6) is 11.5 Å². The Bertz CT molecular complexity index is 861. The number of aryl methyl sites for hydroxylation is 1. The molecule has 1 aliphatic heterocycles.